The van der Waals surface area contributed by atoms with Crippen molar-refractivity contribution in [2.45, 2.75) is 26.9 Å². The van der Waals surface area contributed by atoms with Gasteiger partial charge in [0.1, 0.15) is 12.2 Å². The molecule has 0 aliphatic rings. The Morgan fingerprint density at radius 1 is 1.33 bits per heavy atom. The van der Waals surface area contributed by atoms with Gasteiger partial charge >= 0.3 is 5.97 Å². The van der Waals surface area contributed by atoms with E-state index >= 15 is 0 Å². The van der Waals surface area contributed by atoms with Gasteiger partial charge in [-0.1, -0.05) is 6.07 Å². The van der Waals surface area contributed by atoms with Crippen molar-refractivity contribution >= 4 is 11.9 Å². The first-order valence-electron chi connectivity index (χ1n) is 6.41. The number of aromatic carboxylic acids is 1. The maximum Gasteiger partial charge on any atom is 0.354 e. The van der Waals surface area contributed by atoms with Crippen LogP contribution in [0, 0.1) is 13.8 Å². The predicted octanol–water partition coefficient (Wildman–Crippen LogP) is 0.910. The number of amides is 1. The summed E-state index contributed by atoms with van der Waals surface area (Å²) in [6.07, 6.45) is 1.44. The first-order chi connectivity index (χ1) is 9.95. The fraction of sp³-hybridized carbons (Fsp3) is 0.286. The van der Waals surface area contributed by atoms with Crippen LogP contribution in [0.25, 0.3) is 0 Å². The van der Waals surface area contributed by atoms with Crippen molar-refractivity contribution in [3.63, 3.8) is 0 Å². The second kappa shape index (κ2) is 6.17. The summed E-state index contributed by atoms with van der Waals surface area (Å²) in [7, 11) is 0. The first-order valence-corrected chi connectivity index (χ1v) is 6.41. The van der Waals surface area contributed by atoms with Gasteiger partial charge in [0.2, 0.25) is 5.91 Å². The summed E-state index contributed by atoms with van der Waals surface area (Å²) in [6.45, 7) is 4.21. The summed E-state index contributed by atoms with van der Waals surface area (Å²) in [5.74, 6) is -1.24. The van der Waals surface area contributed by atoms with Gasteiger partial charge in [-0.3, -0.25) is 9.48 Å². The largest absolute Gasteiger partial charge is 0.477 e. The highest BCUT2D eigenvalue weighted by molar-refractivity contribution is 5.85. The van der Waals surface area contributed by atoms with Crippen molar-refractivity contribution in [3.8, 4) is 0 Å². The molecular weight excluding hydrogens is 272 g/mol. The minimum absolute atomic E-state index is 0.0206. The topological polar surface area (TPSA) is 97.1 Å². The number of carboxylic acids is 1. The second-order valence-electron chi connectivity index (χ2n) is 4.72. The molecule has 1 amide bonds. The first kappa shape index (κ1) is 14.7. The Bertz CT molecular complexity index is 661. The Morgan fingerprint density at radius 2 is 2.10 bits per heavy atom. The van der Waals surface area contributed by atoms with Crippen molar-refractivity contribution in [2.75, 3.05) is 0 Å². The summed E-state index contributed by atoms with van der Waals surface area (Å²) in [5.41, 5.74) is 2.51. The summed E-state index contributed by atoms with van der Waals surface area (Å²) < 4.78 is 1.64. The lowest BCUT2D eigenvalue weighted by atomic mass is 10.2. The lowest BCUT2D eigenvalue weighted by molar-refractivity contribution is -0.122. The number of hydrogen-bond acceptors (Lipinski definition) is 4. The van der Waals surface area contributed by atoms with Gasteiger partial charge in [0.25, 0.3) is 0 Å². The molecule has 0 fully saturated rings. The van der Waals surface area contributed by atoms with Crippen LogP contribution in [-0.2, 0) is 17.9 Å². The van der Waals surface area contributed by atoms with E-state index in [4.69, 9.17) is 5.11 Å². The van der Waals surface area contributed by atoms with Crippen LogP contribution >= 0.6 is 0 Å². The molecule has 2 rings (SSSR count). The monoisotopic (exact) mass is 288 g/mol. The average molecular weight is 288 g/mol. The molecule has 2 aromatic heterocycles. The highest BCUT2D eigenvalue weighted by Gasteiger charge is 2.08. The van der Waals surface area contributed by atoms with E-state index in [1.165, 1.54) is 12.3 Å². The highest BCUT2D eigenvalue weighted by Crippen LogP contribution is 2.02. The Balaban J connectivity index is 1.89. The molecule has 0 unspecified atom stereocenters. The van der Waals surface area contributed by atoms with Crippen molar-refractivity contribution in [2.24, 2.45) is 0 Å². The zero-order valence-electron chi connectivity index (χ0n) is 11.8. The van der Waals surface area contributed by atoms with Crippen molar-refractivity contribution in [1.29, 1.82) is 0 Å². The van der Waals surface area contributed by atoms with Gasteiger partial charge in [-0.2, -0.15) is 5.10 Å². The standard InChI is InChI=1S/C14H16N4O3/c1-9-5-10(2)18(17-9)8-13(19)16-7-11-3-4-12(14(20)21)15-6-11/h3-6H,7-8H2,1-2H3,(H,16,19)(H,20,21). The molecule has 0 saturated heterocycles. The number of aromatic nitrogens is 3. The maximum absolute atomic E-state index is 11.8. The molecule has 7 nitrogen and oxygen atoms in total. The quantitative estimate of drug-likeness (QED) is 0.852. The third-order valence-corrected chi connectivity index (χ3v) is 2.93. The third-order valence-electron chi connectivity index (χ3n) is 2.93. The fourth-order valence-corrected chi connectivity index (χ4v) is 1.88. The molecule has 0 aliphatic heterocycles. The molecule has 2 heterocycles. The van der Waals surface area contributed by atoms with Gasteiger partial charge in [-0.05, 0) is 31.5 Å². The van der Waals surface area contributed by atoms with E-state index in [0.717, 1.165) is 17.0 Å². The van der Waals surface area contributed by atoms with Crippen LogP contribution in [-0.4, -0.2) is 31.7 Å². The smallest absolute Gasteiger partial charge is 0.354 e. The molecule has 0 saturated carbocycles. The molecule has 110 valence electrons. The van der Waals surface area contributed by atoms with Gasteiger partial charge in [0.15, 0.2) is 0 Å². The summed E-state index contributed by atoms with van der Waals surface area (Å²) in [6, 6.07) is 4.94. The van der Waals surface area contributed by atoms with Crippen LogP contribution in [0.2, 0.25) is 0 Å². The number of nitrogens with zero attached hydrogens (tertiary/aromatic N) is 3. The zero-order valence-corrected chi connectivity index (χ0v) is 11.8. The minimum Gasteiger partial charge on any atom is -0.477 e. The molecule has 0 aromatic carbocycles. The van der Waals surface area contributed by atoms with E-state index in [2.05, 4.69) is 15.4 Å². The number of aryl methyl sites for hydroxylation is 2. The summed E-state index contributed by atoms with van der Waals surface area (Å²) in [4.78, 5) is 26.3. The Morgan fingerprint density at radius 3 is 2.62 bits per heavy atom. The van der Waals surface area contributed by atoms with Crippen LogP contribution in [0.4, 0.5) is 0 Å². The van der Waals surface area contributed by atoms with Gasteiger partial charge in [-0.25, -0.2) is 9.78 Å². The number of hydrogen-bond donors (Lipinski definition) is 2. The maximum atomic E-state index is 11.8. The molecule has 7 heteroatoms. The van der Waals surface area contributed by atoms with E-state index in [1.54, 1.807) is 10.7 Å². The fourth-order valence-electron chi connectivity index (χ4n) is 1.88. The lowest BCUT2D eigenvalue weighted by Gasteiger charge is -2.07. The molecular formula is C14H16N4O3. The van der Waals surface area contributed by atoms with E-state index < -0.39 is 5.97 Å². The predicted molar refractivity (Wildman–Crippen MR) is 74.7 cm³/mol. The molecule has 21 heavy (non-hydrogen) atoms. The summed E-state index contributed by atoms with van der Waals surface area (Å²) >= 11 is 0. The highest BCUT2D eigenvalue weighted by atomic mass is 16.4. The van der Waals surface area contributed by atoms with Crippen molar-refractivity contribution < 1.29 is 14.7 Å². The molecule has 0 aliphatic carbocycles. The number of carboxylic acid groups (broad SMARTS) is 1. The van der Waals surface area contributed by atoms with Crippen LogP contribution in [0.5, 0.6) is 0 Å². The van der Waals surface area contributed by atoms with Gasteiger partial charge in [-0.15, -0.1) is 0 Å². The van der Waals surface area contributed by atoms with Crippen molar-refractivity contribution in [3.05, 3.63) is 47.0 Å². The number of rotatable bonds is 5. The Kier molecular flexibility index (Phi) is 4.32. The normalized spacial score (nSPS) is 10.4. The Hall–Kier alpha value is -2.70. The van der Waals surface area contributed by atoms with E-state index in [9.17, 15) is 9.59 Å². The number of nitrogens with one attached hydrogen (secondary N) is 1. The molecule has 2 N–H and O–H groups in total. The average Bonchev–Trinajstić information content (AvgIpc) is 2.75. The SMILES string of the molecule is Cc1cc(C)n(CC(=O)NCc2ccc(C(=O)O)nc2)n1. The number of carbonyl (C=O) groups excluding carboxylic acids is 1. The third kappa shape index (κ3) is 3.88. The number of carbonyl (C=O) groups is 2. The van der Waals surface area contributed by atoms with Crippen LogP contribution in [0.1, 0.15) is 27.4 Å². The van der Waals surface area contributed by atoms with E-state index in [-0.39, 0.29) is 18.1 Å². The second-order valence-corrected chi connectivity index (χ2v) is 4.72. The number of pyridine rings is 1. The Labute approximate surface area is 121 Å². The zero-order chi connectivity index (χ0) is 15.4. The minimum atomic E-state index is -1.07. The van der Waals surface area contributed by atoms with Crippen LogP contribution in [0.3, 0.4) is 0 Å². The molecule has 0 spiro atoms. The van der Waals surface area contributed by atoms with E-state index in [1.807, 2.05) is 19.9 Å². The molecule has 0 bridgehead atoms. The van der Waals surface area contributed by atoms with Gasteiger partial charge in [0, 0.05) is 18.4 Å². The molecule has 0 radical (unpaired) electrons. The van der Waals surface area contributed by atoms with Gasteiger partial charge in [0.05, 0.1) is 5.69 Å². The summed E-state index contributed by atoms with van der Waals surface area (Å²) in [5, 5.41) is 15.7. The molecule has 2 aromatic rings. The van der Waals surface area contributed by atoms with Crippen molar-refractivity contribution in [1.82, 2.24) is 20.1 Å². The molecule has 0 atom stereocenters. The van der Waals surface area contributed by atoms with Gasteiger partial charge < -0.3 is 10.4 Å². The van der Waals surface area contributed by atoms with Crippen LogP contribution in [0.15, 0.2) is 24.4 Å². The lowest BCUT2D eigenvalue weighted by Crippen LogP contribution is -2.28. The van der Waals surface area contributed by atoms with E-state index in [0.29, 0.717) is 6.54 Å². The van der Waals surface area contributed by atoms with Crippen LogP contribution < -0.4 is 5.32 Å².